The maximum Gasteiger partial charge on any atom is 0.213 e. The minimum atomic E-state index is 0.466. The SMILES string of the molecule is COCCOc1ccc(-c2c(C)nc3c(-c4ccncc4)cc(C)nn23)cn1. The summed E-state index contributed by atoms with van der Waals surface area (Å²) in [5, 5.41) is 4.71. The number of fused-ring (bicyclic) bond motifs is 1. The largest absolute Gasteiger partial charge is 0.475 e. The van der Waals surface area contributed by atoms with Crippen LogP contribution in [0.5, 0.6) is 5.88 Å². The van der Waals surface area contributed by atoms with Crippen LogP contribution in [-0.2, 0) is 4.74 Å². The van der Waals surface area contributed by atoms with Crippen LogP contribution in [0.25, 0.3) is 28.0 Å². The van der Waals surface area contributed by atoms with E-state index >= 15 is 0 Å². The highest BCUT2D eigenvalue weighted by Gasteiger charge is 2.17. The van der Waals surface area contributed by atoms with Gasteiger partial charge in [-0.2, -0.15) is 5.10 Å². The summed E-state index contributed by atoms with van der Waals surface area (Å²) >= 11 is 0. The summed E-state index contributed by atoms with van der Waals surface area (Å²) in [5.74, 6) is 0.564. The molecule has 4 heterocycles. The first-order valence-corrected chi connectivity index (χ1v) is 9.03. The van der Waals surface area contributed by atoms with Gasteiger partial charge in [-0.15, -0.1) is 0 Å². The highest BCUT2D eigenvalue weighted by atomic mass is 16.5. The summed E-state index contributed by atoms with van der Waals surface area (Å²) in [6.07, 6.45) is 5.35. The van der Waals surface area contributed by atoms with Crippen molar-refractivity contribution in [3.05, 3.63) is 60.3 Å². The highest BCUT2D eigenvalue weighted by molar-refractivity contribution is 5.80. The van der Waals surface area contributed by atoms with Gasteiger partial charge in [0.15, 0.2) is 5.65 Å². The smallest absolute Gasteiger partial charge is 0.213 e. The number of aryl methyl sites for hydroxylation is 2. The van der Waals surface area contributed by atoms with Gasteiger partial charge in [0.1, 0.15) is 6.61 Å². The lowest BCUT2D eigenvalue weighted by Gasteiger charge is -2.08. The summed E-state index contributed by atoms with van der Waals surface area (Å²) in [5.41, 5.74) is 6.55. The van der Waals surface area contributed by atoms with Crippen molar-refractivity contribution in [2.45, 2.75) is 13.8 Å². The van der Waals surface area contributed by atoms with Crippen molar-refractivity contribution >= 4 is 5.65 Å². The van der Waals surface area contributed by atoms with Crippen LogP contribution in [-0.4, -0.2) is 44.9 Å². The maximum absolute atomic E-state index is 5.55. The highest BCUT2D eigenvalue weighted by Crippen LogP contribution is 2.30. The molecule has 0 aliphatic heterocycles. The fraction of sp³-hybridized carbons (Fsp3) is 0.238. The van der Waals surface area contributed by atoms with E-state index in [0.717, 1.165) is 39.4 Å². The van der Waals surface area contributed by atoms with Gasteiger partial charge < -0.3 is 9.47 Å². The maximum atomic E-state index is 5.55. The van der Waals surface area contributed by atoms with Crippen LogP contribution in [0.15, 0.2) is 48.9 Å². The number of imidazole rings is 1. The Balaban J connectivity index is 1.78. The number of rotatable bonds is 6. The van der Waals surface area contributed by atoms with Crippen LogP contribution >= 0.6 is 0 Å². The molecule has 0 radical (unpaired) electrons. The number of nitrogens with zero attached hydrogens (tertiary/aromatic N) is 5. The van der Waals surface area contributed by atoms with E-state index in [9.17, 15) is 0 Å². The zero-order chi connectivity index (χ0) is 19.5. The molecule has 0 spiro atoms. The molecule has 142 valence electrons. The van der Waals surface area contributed by atoms with Crippen molar-refractivity contribution in [1.29, 1.82) is 0 Å². The van der Waals surface area contributed by atoms with E-state index in [0.29, 0.717) is 19.1 Å². The van der Waals surface area contributed by atoms with Crippen molar-refractivity contribution in [2.75, 3.05) is 20.3 Å². The minimum absolute atomic E-state index is 0.466. The summed E-state index contributed by atoms with van der Waals surface area (Å²) in [6.45, 7) is 4.96. The van der Waals surface area contributed by atoms with Crippen LogP contribution in [0.2, 0.25) is 0 Å². The van der Waals surface area contributed by atoms with E-state index in [2.05, 4.69) is 9.97 Å². The first-order chi connectivity index (χ1) is 13.7. The Kier molecular flexibility index (Phi) is 4.99. The number of methoxy groups -OCH3 is 1. The van der Waals surface area contributed by atoms with E-state index in [-0.39, 0.29) is 0 Å². The van der Waals surface area contributed by atoms with Gasteiger partial charge in [0, 0.05) is 42.9 Å². The molecule has 4 aromatic rings. The molecule has 0 saturated carbocycles. The molecule has 4 aromatic heterocycles. The lowest BCUT2D eigenvalue weighted by Crippen LogP contribution is -2.05. The molecular formula is C21H21N5O2. The van der Waals surface area contributed by atoms with Gasteiger partial charge in [-0.3, -0.25) is 4.98 Å². The van der Waals surface area contributed by atoms with E-state index in [1.165, 1.54) is 0 Å². The van der Waals surface area contributed by atoms with Gasteiger partial charge in [0.2, 0.25) is 5.88 Å². The molecule has 0 amide bonds. The van der Waals surface area contributed by atoms with E-state index in [1.807, 2.05) is 48.7 Å². The fourth-order valence-electron chi connectivity index (χ4n) is 3.16. The first-order valence-electron chi connectivity index (χ1n) is 9.03. The molecule has 7 heteroatoms. The van der Waals surface area contributed by atoms with E-state index < -0.39 is 0 Å². The monoisotopic (exact) mass is 375 g/mol. The Morgan fingerprint density at radius 3 is 2.54 bits per heavy atom. The predicted octanol–water partition coefficient (Wildman–Crippen LogP) is 3.50. The lowest BCUT2D eigenvalue weighted by atomic mass is 10.1. The number of aromatic nitrogens is 5. The third-order valence-electron chi connectivity index (χ3n) is 4.42. The van der Waals surface area contributed by atoms with Gasteiger partial charge in [-0.25, -0.2) is 14.5 Å². The van der Waals surface area contributed by atoms with Gasteiger partial charge in [0.05, 0.1) is 23.7 Å². The zero-order valence-corrected chi connectivity index (χ0v) is 16.1. The van der Waals surface area contributed by atoms with Crippen molar-refractivity contribution in [3.63, 3.8) is 0 Å². The molecule has 0 N–H and O–H groups in total. The zero-order valence-electron chi connectivity index (χ0n) is 16.1. The summed E-state index contributed by atoms with van der Waals surface area (Å²) < 4.78 is 12.4. The fourth-order valence-corrected chi connectivity index (χ4v) is 3.16. The topological polar surface area (TPSA) is 74.4 Å². The third kappa shape index (κ3) is 3.44. The molecule has 0 unspecified atom stereocenters. The van der Waals surface area contributed by atoms with E-state index in [4.69, 9.17) is 19.6 Å². The lowest BCUT2D eigenvalue weighted by molar-refractivity contribution is 0.144. The average Bonchev–Trinajstić information content (AvgIpc) is 3.04. The number of hydrogen-bond donors (Lipinski definition) is 0. The summed E-state index contributed by atoms with van der Waals surface area (Å²) in [4.78, 5) is 13.3. The van der Waals surface area contributed by atoms with Crippen molar-refractivity contribution in [3.8, 4) is 28.3 Å². The Morgan fingerprint density at radius 1 is 1.00 bits per heavy atom. The number of ether oxygens (including phenoxy) is 2. The van der Waals surface area contributed by atoms with Gasteiger partial charge >= 0.3 is 0 Å². The van der Waals surface area contributed by atoms with Gasteiger partial charge in [0.25, 0.3) is 0 Å². The second kappa shape index (κ2) is 7.74. The Hall–Kier alpha value is -3.32. The number of hydrogen-bond acceptors (Lipinski definition) is 6. The Bertz CT molecular complexity index is 1090. The molecule has 0 aliphatic rings. The quantitative estimate of drug-likeness (QED) is 0.480. The second-order valence-electron chi connectivity index (χ2n) is 6.44. The number of pyridine rings is 2. The molecule has 0 aliphatic carbocycles. The molecule has 0 aromatic carbocycles. The molecular weight excluding hydrogens is 354 g/mol. The molecule has 0 fully saturated rings. The molecule has 0 atom stereocenters. The van der Waals surface area contributed by atoms with Crippen molar-refractivity contribution in [1.82, 2.24) is 24.6 Å². The Labute approximate surface area is 163 Å². The van der Waals surface area contributed by atoms with E-state index in [1.54, 1.807) is 25.7 Å². The third-order valence-corrected chi connectivity index (χ3v) is 4.42. The molecule has 0 bridgehead atoms. The first kappa shape index (κ1) is 18.1. The van der Waals surface area contributed by atoms with Crippen LogP contribution in [0.4, 0.5) is 0 Å². The molecule has 4 rings (SSSR count). The Morgan fingerprint density at radius 2 is 1.82 bits per heavy atom. The van der Waals surface area contributed by atoms with Crippen molar-refractivity contribution < 1.29 is 9.47 Å². The summed E-state index contributed by atoms with van der Waals surface area (Å²) in [6, 6.07) is 9.83. The van der Waals surface area contributed by atoms with Crippen LogP contribution in [0.1, 0.15) is 11.4 Å². The molecule has 0 saturated heterocycles. The second-order valence-corrected chi connectivity index (χ2v) is 6.44. The minimum Gasteiger partial charge on any atom is -0.475 e. The standard InChI is InChI=1S/C21H21N5O2/c1-14-12-18(16-6-8-22-9-7-16)21-24-15(2)20(26(21)25-14)17-4-5-19(23-13-17)28-11-10-27-3/h4-9,12-13H,10-11H2,1-3H3. The van der Waals surface area contributed by atoms with Crippen LogP contribution in [0.3, 0.4) is 0 Å². The van der Waals surface area contributed by atoms with Gasteiger partial charge in [-0.1, -0.05) is 0 Å². The van der Waals surface area contributed by atoms with Crippen molar-refractivity contribution in [2.24, 2.45) is 0 Å². The van der Waals surface area contributed by atoms with Crippen LogP contribution in [0, 0.1) is 13.8 Å². The molecule has 7 nitrogen and oxygen atoms in total. The predicted molar refractivity (Wildman–Crippen MR) is 106 cm³/mol. The van der Waals surface area contributed by atoms with Gasteiger partial charge in [-0.05, 0) is 43.7 Å². The molecule has 28 heavy (non-hydrogen) atoms. The van der Waals surface area contributed by atoms with Crippen LogP contribution < -0.4 is 4.74 Å². The summed E-state index contributed by atoms with van der Waals surface area (Å²) in [7, 11) is 1.64. The normalized spacial score (nSPS) is 11.1. The average molecular weight is 375 g/mol.